The van der Waals surface area contributed by atoms with Crippen LogP contribution in [0.4, 0.5) is 10.5 Å². The number of hydrogen-bond donors (Lipinski definition) is 4. The van der Waals surface area contributed by atoms with E-state index in [1.807, 2.05) is 37.3 Å². The zero-order valence-electron chi connectivity index (χ0n) is 17.2. The number of halogens is 1. The summed E-state index contributed by atoms with van der Waals surface area (Å²) in [6.07, 6.45) is 2.49. The van der Waals surface area contributed by atoms with Crippen LogP contribution in [0.3, 0.4) is 0 Å². The molecule has 0 aliphatic carbocycles. The summed E-state index contributed by atoms with van der Waals surface area (Å²) >= 11 is 0. The molecular formula is C22H28IN5O2. The molecule has 0 bridgehead atoms. The first-order chi connectivity index (χ1) is 14.2. The van der Waals surface area contributed by atoms with Crippen molar-refractivity contribution >= 4 is 52.6 Å². The number of guanidine groups is 1. The van der Waals surface area contributed by atoms with Gasteiger partial charge in [0.15, 0.2) is 5.96 Å². The number of nitrogens with zero attached hydrogens (tertiary/aromatic N) is 1. The van der Waals surface area contributed by atoms with E-state index in [0.717, 1.165) is 36.6 Å². The van der Waals surface area contributed by atoms with E-state index in [4.69, 9.17) is 0 Å². The van der Waals surface area contributed by atoms with E-state index in [-0.39, 0.29) is 24.0 Å². The fraction of sp³-hybridized carbons (Fsp3) is 0.273. The van der Waals surface area contributed by atoms with Crippen molar-refractivity contribution in [1.29, 1.82) is 0 Å². The van der Waals surface area contributed by atoms with Gasteiger partial charge in [-0.05, 0) is 42.7 Å². The van der Waals surface area contributed by atoms with Gasteiger partial charge in [-0.1, -0.05) is 30.3 Å². The first-order valence-electron chi connectivity index (χ1n) is 9.70. The monoisotopic (exact) mass is 521 g/mol. The predicted molar refractivity (Wildman–Crippen MR) is 133 cm³/mol. The molecule has 7 nitrogen and oxygen atoms in total. The number of aromatic nitrogens is 1. The van der Waals surface area contributed by atoms with E-state index in [1.54, 1.807) is 0 Å². The van der Waals surface area contributed by atoms with Gasteiger partial charge in [-0.25, -0.2) is 9.79 Å². The molecule has 0 aliphatic heterocycles. The molecule has 0 saturated heterocycles. The van der Waals surface area contributed by atoms with Gasteiger partial charge in [0.05, 0.1) is 13.7 Å². The lowest BCUT2D eigenvalue weighted by molar-refractivity contribution is 0.187. The van der Waals surface area contributed by atoms with Crippen molar-refractivity contribution in [2.24, 2.45) is 4.99 Å². The van der Waals surface area contributed by atoms with Gasteiger partial charge in [0.2, 0.25) is 0 Å². The fourth-order valence-electron chi connectivity index (χ4n) is 3.03. The Morgan fingerprint density at radius 3 is 2.60 bits per heavy atom. The average molecular weight is 521 g/mol. The summed E-state index contributed by atoms with van der Waals surface area (Å²) in [6, 6.07) is 15.9. The number of ether oxygens (including phenoxy) is 1. The lowest BCUT2D eigenvalue weighted by atomic mass is 10.1. The van der Waals surface area contributed by atoms with E-state index in [9.17, 15) is 4.79 Å². The van der Waals surface area contributed by atoms with Crippen LogP contribution in [0.2, 0.25) is 0 Å². The Bertz CT molecular complexity index is 969. The third-order valence-corrected chi connectivity index (χ3v) is 4.51. The second-order valence-corrected chi connectivity index (χ2v) is 6.54. The van der Waals surface area contributed by atoms with Crippen molar-refractivity contribution in [3.05, 3.63) is 65.9 Å². The average Bonchev–Trinajstić information content (AvgIpc) is 3.16. The number of anilines is 1. The maximum absolute atomic E-state index is 11.2. The lowest BCUT2D eigenvalue weighted by Gasteiger charge is -2.11. The molecule has 2 aromatic carbocycles. The Kier molecular flexibility index (Phi) is 9.46. The number of amides is 1. The van der Waals surface area contributed by atoms with E-state index in [0.29, 0.717) is 12.2 Å². The van der Waals surface area contributed by atoms with Crippen LogP contribution in [-0.2, 0) is 17.7 Å². The molecule has 0 fully saturated rings. The van der Waals surface area contributed by atoms with Gasteiger partial charge in [0, 0.05) is 35.9 Å². The Hall–Kier alpha value is -2.75. The molecule has 160 valence electrons. The zero-order chi connectivity index (χ0) is 20.5. The minimum absolute atomic E-state index is 0. The van der Waals surface area contributed by atoms with Crippen LogP contribution in [0.5, 0.6) is 0 Å². The summed E-state index contributed by atoms with van der Waals surface area (Å²) in [4.78, 5) is 19.2. The Morgan fingerprint density at radius 2 is 1.87 bits per heavy atom. The summed E-state index contributed by atoms with van der Waals surface area (Å²) in [6.45, 7) is 4.17. The van der Waals surface area contributed by atoms with E-state index >= 15 is 0 Å². The summed E-state index contributed by atoms with van der Waals surface area (Å²) in [5.41, 5.74) is 4.19. The van der Waals surface area contributed by atoms with Crippen LogP contribution in [-0.4, -0.2) is 37.2 Å². The molecule has 1 heterocycles. The number of rotatable bonds is 7. The topological polar surface area (TPSA) is 90.5 Å². The number of carbonyl (C=O) groups is 1. The molecule has 1 amide bonds. The quantitative estimate of drug-likeness (QED) is 0.213. The largest absolute Gasteiger partial charge is 0.453 e. The molecule has 0 aliphatic rings. The van der Waals surface area contributed by atoms with Crippen molar-refractivity contribution in [3.63, 3.8) is 0 Å². The number of nitrogens with one attached hydrogen (secondary N) is 4. The van der Waals surface area contributed by atoms with Crippen LogP contribution < -0.4 is 16.0 Å². The summed E-state index contributed by atoms with van der Waals surface area (Å²) in [7, 11) is 1.34. The highest BCUT2D eigenvalue weighted by atomic mass is 127. The molecule has 0 spiro atoms. The number of aromatic amines is 1. The van der Waals surface area contributed by atoms with Gasteiger partial charge in [0.1, 0.15) is 0 Å². The van der Waals surface area contributed by atoms with Crippen molar-refractivity contribution in [2.75, 3.05) is 25.5 Å². The normalized spacial score (nSPS) is 10.9. The van der Waals surface area contributed by atoms with Gasteiger partial charge in [0.25, 0.3) is 0 Å². The third-order valence-electron chi connectivity index (χ3n) is 4.51. The van der Waals surface area contributed by atoms with E-state index in [2.05, 4.69) is 55.1 Å². The number of hydrogen-bond acceptors (Lipinski definition) is 3. The Balaban J connectivity index is 0.00000320. The van der Waals surface area contributed by atoms with Gasteiger partial charge < -0.3 is 20.4 Å². The molecule has 30 heavy (non-hydrogen) atoms. The standard InChI is InChI=1S/C22H27N5O2.HI/c1-3-23-21(24-13-12-17-15-25-20-7-5-4-6-19(17)20)26-14-16-8-10-18(11-9-16)27-22(28)29-2;/h4-11,15,25H,3,12-14H2,1-2H3,(H,27,28)(H2,23,24,26);1H. The highest BCUT2D eigenvalue weighted by molar-refractivity contribution is 14.0. The smallest absolute Gasteiger partial charge is 0.411 e. The minimum atomic E-state index is -0.482. The van der Waals surface area contributed by atoms with Crippen LogP contribution in [0.25, 0.3) is 10.9 Å². The fourth-order valence-corrected chi connectivity index (χ4v) is 3.03. The molecule has 0 unspecified atom stereocenters. The van der Waals surface area contributed by atoms with Gasteiger partial charge >= 0.3 is 6.09 Å². The Morgan fingerprint density at radius 1 is 1.10 bits per heavy atom. The second kappa shape index (κ2) is 12.1. The van der Waals surface area contributed by atoms with Crippen LogP contribution in [0.15, 0.2) is 59.7 Å². The molecule has 8 heteroatoms. The van der Waals surface area contributed by atoms with Crippen molar-refractivity contribution in [1.82, 2.24) is 15.6 Å². The highest BCUT2D eigenvalue weighted by Crippen LogP contribution is 2.17. The number of para-hydroxylation sites is 1. The number of methoxy groups -OCH3 is 1. The van der Waals surface area contributed by atoms with E-state index in [1.165, 1.54) is 18.1 Å². The second-order valence-electron chi connectivity index (χ2n) is 6.54. The number of fused-ring (bicyclic) bond motifs is 1. The summed E-state index contributed by atoms with van der Waals surface area (Å²) in [5.74, 6) is 0.782. The molecular weight excluding hydrogens is 493 g/mol. The first-order valence-corrected chi connectivity index (χ1v) is 9.70. The van der Waals surface area contributed by atoms with Crippen LogP contribution in [0, 0.1) is 0 Å². The predicted octanol–water partition coefficient (Wildman–Crippen LogP) is 4.26. The third kappa shape index (κ3) is 6.65. The summed E-state index contributed by atoms with van der Waals surface area (Å²) < 4.78 is 4.59. The molecule has 0 saturated carbocycles. The Labute approximate surface area is 193 Å². The maximum atomic E-state index is 11.2. The van der Waals surface area contributed by atoms with Crippen LogP contribution >= 0.6 is 24.0 Å². The highest BCUT2D eigenvalue weighted by Gasteiger charge is 2.04. The number of benzene rings is 2. The van der Waals surface area contributed by atoms with Crippen molar-refractivity contribution in [2.45, 2.75) is 19.9 Å². The number of H-pyrrole nitrogens is 1. The van der Waals surface area contributed by atoms with Gasteiger partial charge in [-0.3, -0.25) is 5.32 Å². The van der Waals surface area contributed by atoms with Crippen molar-refractivity contribution < 1.29 is 9.53 Å². The van der Waals surface area contributed by atoms with Crippen LogP contribution in [0.1, 0.15) is 18.1 Å². The van der Waals surface area contributed by atoms with E-state index < -0.39 is 6.09 Å². The maximum Gasteiger partial charge on any atom is 0.411 e. The van der Waals surface area contributed by atoms with Gasteiger partial charge in [-0.15, -0.1) is 24.0 Å². The zero-order valence-corrected chi connectivity index (χ0v) is 19.5. The van der Waals surface area contributed by atoms with Gasteiger partial charge in [-0.2, -0.15) is 0 Å². The molecule has 0 radical (unpaired) electrons. The summed E-state index contributed by atoms with van der Waals surface area (Å²) in [5, 5.41) is 10.6. The number of aliphatic imine (C=N–C) groups is 1. The molecule has 0 atom stereocenters. The lowest BCUT2D eigenvalue weighted by Crippen LogP contribution is -2.38. The molecule has 3 aromatic rings. The van der Waals surface area contributed by atoms with Crippen molar-refractivity contribution in [3.8, 4) is 0 Å². The SMILES string of the molecule is CCNC(=NCc1ccc(NC(=O)OC)cc1)NCCc1c[nH]c2ccccc12.I. The first kappa shape index (κ1) is 23.5. The minimum Gasteiger partial charge on any atom is -0.453 e. The molecule has 1 aromatic heterocycles. The molecule has 3 rings (SSSR count). The number of carbonyl (C=O) groups excluding carboxylic acids is 1. The molecule has 4 N–H and O–H groups in total.